The highest BCUT2D eigenvalue weighted by Crippen LogP contribution is 2.33. The minimum Gasteiger partial charge on any atom is -0.389 e. The summed E-state index contributed by atoms with van der Waals surface area (Å²) in [6.07, 6.45) is 0. The third kappa shape index (κ3) is 2.83. The lowest BCUT2D eigenvalue weighted by Crippen LogP contribution is -2.22. The first-order valence-corrected chi connectivity index (χ1v) is 7.36. The van der Waals surface area contributed by atoms with Crippen LogP contribution in [0.25, 0.3) is 0 Å². The topological polar surface area (TPSA) is 29.3 Å². The van der Waals surface area contributed by atoms with Gasteiger partial charge in [-0.25, -0.2) is 4.39 Å². The van der Waals surface area contributed by atoms with Crippen LogP contribution in [0.5, 0.6) is 0 Å². The first-order chi connectivity index (χ1) is 9.56. The smallest absolute Gasteiger partial charge is 0.146 e. The fourth-order valence-corrected chi connectivity index (χ4v) is 3.04. The van der Waals surface area contributed by atoms with E-state index in [1.807, 2.05) is 30.0 Å². The van der Waals surface area contributed by atoms with Crippen molar-refractivity contribution in [2.45, 2.75) is 6.92 Å². The second kappa shape index (κ2) is 6.33. The van der Waals surface area contributed by atoms with Gasteiger partial charge in [0, 0.05) is 16.6 Å². The molecule has 0 radical (unpaired) electrons. The van der Waals surface area contributed by atoms with E-state index in [4.69, 9.17) is 18.0 Å². The Hall–Kier alpha value is -1.46. The Balaban J connectivity index is 2.62. The van der Waals surface area contributed by atoms with Gasteiger partial charge in [-0.3, -0.25) is 0 Å². The summed E-state index contributed by atoms with van der Waals surface area (Å²) in [4.78, 5) is 2.14. The van der Waals surface area contributed by atoms with E-state index < -0.39 is 0 Å². The standard InChI is InChI=1S/C15H14BrFN2S/c1-2-19(12-8-4-3-7-11(12)17)13-9-5-6-10(16)14(13)15(18)20/h3-9H,2H2,1H3,(H2,18,20). The highest BCUT2D eigenvalue weighted by atomic mass is 79.9. The number of nitrogens with two attached hydrogens (primary N) is 1. The van der Waals surface area contributed by atoms with Gasteiger partial charge in [0.15, 0.2) is 0 Å². The molecule has 0 unspecified atom stereocenters. The molecule has 0 amide bonds. The van der Waals surface area contributed by atoms with Crippen LogP contribution in [-0.4, -0.2) is 11.5 Å². The van der Waals surface area contributed by atoms with Crippen molar-refractivity contribution in [2.24, 2.45) is 5.73 Å². The zero-order valence-corrected chi connectivity index (χ0v) is 13.3. The van der Waals surface area contributed by atoms with E-state index >= 15 is 0 Å². The lowest BCUT2D eigenvalue weighted by molar-refractivity contribution is 0.625. The average Bonchev–Trinajstić information content (AvgIpc) is 2.41. The second-order valence-corrected chi connectivity index (χ2v) is 5.49. The Morgan fingerprint density at radius 3 is 2.45 bits per heavy atom. The van der Waals surface area contributed by atoms with E-state index in [0.29, 0.717) is 17.8 Å². The quantitative estimate of drug-likeness (QED) is 0.827. The molecule has 0 spiro atoms. The number of thiocarbonyl (C=S) groups is 1. The summed E-state index contributed by atoms with van der Waals surface area (Å²) in [6, 6.07) is 12.3. The van der Waals surface area contributed by atoms with Crippen LogP contribution in [0.4, 0.5) is 15.8 Å². The second-order valence-electron chi connectivity index (χ2n) is 4.19. The molecule has 2 aromatic carbocycles. The summed E-state index contributed by atoms with van der Waals surface area (Å²) in [7, 11) is 0. The summed E-state index contributed by atoms with van der Waals surface area (Å²) in [5.41, 5.74) is 7.82. The van der Waals surface area contributed by atoms with Crippen LogP contribution in [0.1, 0.15) is 12.5 Å². The van der Waals surface area contributed by atoms with Gasteiger partial charge in [0.25, 0.3) is 0 Å². The van der Waals surface area contributed by atoms with Crippen molar-refractivity contribution < 1.29 is 4.39 Å². The van der Waals surface area contributed by atoms with Gasteiger partial charge in [0.2, 0.25) is 0 Å². The number of rotatable bonds is 4. The van der Waals surface area contributed by atoms with Gasteiger partial charge in [-0.1, -0.05) is 30.4 Å². The fourth-order valence-electron chi connectivity index (χ4n) is 2.12. The summed E-state index contributed by atoms with van der Waals surface area (Å²) in [5, 5.41) is 0. The van der Waals surface area contributed by atoms with Crippen molar-refractivity contribution in [1.29, 1.82) is 0 Å². The van der Waals surface area contributed by atoms with Crippen LogP contribution in [0.3, 0.4) is 0 Å². The predicted molar refractivity (Wildman–Crippen MR) is 89.1 cm³/mol. The minimum atomic E-state index is -0.275. The van der Waals surface area contributed by atoms with Crippen molar-refractivity contribution in [2.75, 3.05) is 11.4 Å². The van der Waals surface area contributed by atoms with Gasteiger partial charge in [-0.15, -0.1) is 0 Å². The van der Waals surface area contributed by atoms with Crippen LogP contribution < -0.4 is 10.6 Å². The van der Waals surface area contributed by atoms with Crippen molar-refractivity contribution in [3.05, 3.63) is 58.3 Å². The molecular formula is C15H14BrFN2S. The van der Waals surface area contributed by atoms with Crippen LogP contribution in [-0.2, 0) is 0 Å². The van der Waals surface area contributed by atoms with E-state index in [1.165, 1.54) is 6.07 Å². The number of nitrogens with zero attached hydrogens (tertiary/aromatic N) is 1. The van der Waals surface area contributed by atoms with E-state index in [2.05, 4.69) is 15.9 Å². The molecule has 0 aromatic heterocycles. The van der Waals surface area contributed by atoms with Gasteiger partial charge in [-0.05, 0) is 47.1 Å². The molecule has 5 heteroatoms. The number of para-hydroxylation sites is 1. The fraction of sp³-hybridized carbons (Fsp3) is 0.133. The molecule has 0 atom stereocenters. The van der Waals surface area contributed by atoms with Crippen molar-refractivity contribution >= 4 is 44.5 Å². The molecule has 104 valence electrons. The molecule has 2 nitrogen and oxygen atoms in total. The molecule has 0 bridgehead atoms. The molecule has 2 aromatic rings. The Labute approximate surface area is 131 Å². The molecule has 0 aliphatic rings. The lowest BCUT2D eigenvalue weighted by atomic mass is 10.1. The molecular weight excluding hydrogens is 339 g/mol. The Morgan fingerprint density at radius 1 is 1.20 bits per heavy atom. The SMILES string of the molecule is CCN(c1ccccc1F)c1cccc(Br)c1C(N)=S. The molecule has 0 saturated carbocycles. The summed E-state index contributed by atoms with van der Waals surface area (Å²) >= 11 is 8.56. The highest BCUT2D eigenvalue weighted by Gasteiger charge is 2.18. The van der Waals surface area contributed by atoms with Gasteiger partial charge in [0.05, 0.1) is 11.4 Å². The predicted octanol–water partition coefficient (Wildman–Crippen LogP) is 4.38. The van der Waals surface area contributed by atoms with Crippen molar-refractivity contribution in [3.63, 3.8) is 0 Å². The molecule has 0 fully saturated rings. The number of hydrogen-bond acceptors (Lipinski definition) is 2. The van der Waals surface area contributed by atoms with Gasteiger partial charge < -0.3 is 10.6 Å². The molecule has 2 rings (SSSR count). The monoisotopic (exact) mass is 352 g/mol. The normalized spacial score (nSPS) is 10.3. The highest BCUT2D eigenvalue weighted by molar-refractivity contribution is 9.10. The molecule has 2 N–H and O–H groups in total. The van der Waals surface area contributed by atoms with E-state index in [1.54, 1.807) is 18.2 Å². The molecule has 0 saturated heterocycles. The van der Waals surface area contributed by atoms with Gasteiger partial charge >= 0.3 is 0 Å². The number of benzene rings is 2. The van der Waals surface area contributed by atoms with Crippen molar-refractivity contribution in [3.8, 4) is 0 Å². The summed E-state index contributed by atoms with van der Waals surface area (Å²) in [6.45, 7) is 2.56. The third-order valence-electron chi connectivity index (χ3n) is 2.99. The minimum absolute atomic E-state index is 0.275. The van der Waals surface area contributed by atoms with E-state index in [9.17, 15) is 4.39 Å². The number of halogens is 2. The van der Waals surface area contributed by atoms with E-state index in [-0.39, 0.29) is 10.8 Å². The average molecular weight is 353 g/mol. The Kier molecular flexibility index (Phi) is 4.73. The van der Waals surface area contributed by atoms with Crippen LogP contribution in [0.2, 0.25) is 0 Å². The van der Waals surface area contributed by atoms with Crippen LogP contribution >= 0.6 is 28.1 Å². The summed E-state index contributed by atoms with van der Waals surface area (Å²) in [5.74, 6) is -0.275. The lowest BCUT2D eigenvalue weighted by Gasteiger charge is -2.26. The maximum atomic E-state index is 14.0. The largest absolute Gasteiger partial charge is 0.389 e. The molecule has 0 aliphatic carbocycles. The van der Waals surface area contributed by atoms with Crippen molar-refractivity contribution in [1.82, 2.24) is 0 Å². The molecule has 20 heavy (non-hydrogen) atoms. The van der Waals surface area contributed by atoms with Gasteiger partial charge in [-0.2, -0.15) is 0 Å². The third-order valence-corrected chi connectivity index (χ3v) is 3.85. The van der Waals surface area contributed by atoms with Crippen LogP contribution in [0.15, 0.2) is 46.9 Å². The number of hydrogen-bond donors (Lipinski definition) is 1. The molecule has 0 aliphatic heterocycles. The number of anilines is 2. The van der Waals surface area contributed by atoms with Crippen LogP contribution in [0, 0.1) is 5.82 Å². The zero-order chi connectivity index (χ0) is 14.7. The first kappa shape index (κ1) is 14.9. The first-order valence-electron chi connectivity index (χ1n) is 6.16. The maximum absolute atomic E-state index is 14.0. The molecule has 0 heterocycles. The summed E-state index contributed by atoms with van der Waals surface area (Å²) < 4.78 is 14.8. The van der Waals surface area contributed by atoms with Gasteiger partial charge in [0.1, 0.15) is 10.8 Å². The Morgan fingerprint density at radius 2 is 1.85 bits per heavy atom. The van der Waals surface area contributed by atoms with E-state index in [0.717, 1.165) is 10.2 Å². The maximum Gasteiger partial charge on any atom is 0.146 e. The zero-order valence-electron chi connectivity index (χ0n) is 10.9. The Bertz CT molecular complexity index is 646.